The standard InChI is InChI=1S/C28H30N4O3S/c1-18-5-9-20(10-6-18)25-26(21-11-7-19(2)8-12-21)32-28(31-25)36-16-15-29-27(33)30-23-14-13-22(34-3)17-24(23)35-4/h5-14,17H,15-16H2,1-4H3,(H,31,32)(H2,29,30,33). The SMILES string of the molecule is COc1ccc(NC(=O)NCCSc2nc(-c3ccc(C)cc3)c(-c3ccc(C)cc3)[nH]2)c(OC)c1. The van der Waals surface area contributed by atoms with Gasteiger partial charge in [0.05, 0.1) is 31.3 Å². The number of amides is 2. The summed E-state index contributed by atoms with van der Waals surface area (Å²) in [5.74, 6) is 1.84. The average molecular weight is 503 g/mol. The van der Waals surface area contributed by atoms with E-state index in [-0.39, 0.29) is 6.03 Å². The quantitative estimate of drug-likeness (QED) is 0.185. The number of H-pyrrole nitrogens is 1. The highest BCUT2D eigenvalue weighted by molar-refractivity contribution is 7.99. The second kappa shape index (κ2) is 11.7. The van der Waals surface area contributed by atoms with Crippen molar-refractivity contribution in [2.24, 2.45) is 0 Å². The summed E-state index contributed by atoms with van der Waals surface area (Å²) in [6, 6.07) is 21.7. The number of methoxy groups -OCH3 is 2. The number of aryl methyl sites for hydroxylation is 2. The fourth-order valence-electron chi connectivity index (χ4n) is 3.65. The van der Waals surface area contributed by atoms with E-state index in [2.05, 4.69) is 78.0 Å². The van der Waals surface area contributed by atoms with Gasteiger partial charge in [0.15, 0.2) is 5.16 Å². The Morgan fingerprint density at radius 2 is 1.58 bits per heavy atom. The molecule has 7 nitrogen and oxygen atoms in total. The van der Waals surface area contributed by atoms with Crippen molar-refractivity contribution in [1.29, 1.82) is 0 Å². The van der Waals surface area contributed by atoms with Crippen LogP contribution in [0.25, 0.3) is 22.5 Å². The van der Waals surface area contributed by atoms with Crippen molar-refractivity contribution in [1.82, 2.24) is 15.3 Å². The molecule has 0 aliphatic rings. The summed E-state index contributed by atoms with van der Waals surface area (Å²) in [6.45, 7) is 4.62. The summed E-state index contributed by atoms with van der Waals surface area (Å²) >= 11 is 1.56. The molecule has 2 amide bonds. The molecule has 0 unspecified atom stereocenters. The van der Waals surface area contributed by atoms with Gasteiger partial charge >= 0.3 is 6.03 Å². The minimum atomic E-state index is -0.306. The zero-order chi connectivity index (χ0) is 25.5. The highest BCUT2D eigenvalue weighted by atomic mass is 32.2. The Kier molecular flexibility index (Phi) is 8.17. The van der Waals surface area contributed by atoms with Gasteiger partial charge < -0.3 is 25.1 Å². The fraction of sp³-hybridized carbons (Fsp3) is 0.214. The number of hydrogen-bond acceptors (Lipinski definition) is 5. The number of carbonyl (C=O) groups is 1. The molecule has 3 N–H and O–H groups in total. The van der Waals surface area contributed by atoms with Crippen LogP contribution in [-0.2, 0) is 0 Å². The number of rotatable bonds is 9. The number of urea groups is 1. The van der Waals surface area contributed by atoms with E-state index in [1.807, 2.05) is 0 Å². The summed E-state index contributed by atoms with van der Waals surface area (Å²) in [7, 11) is 3.13. The van der Waals surface area contributed by atoms with Crippen LogP contribution in [0.3, 0.4) is 0 Å². The molecule has 0 bridgehead atoms. The van der Waals surface area contributed by atoms with Crippen molar-refractivity contribution < 1.29 is 14.3 Å². The maximum Gasteiger partial charge on any atom is 0.319 e. The van der Waals surface area contributed by atoms with Crippen molar-refractivity contribution in [2.45, 2.75) is 19.0 Å². The van der Waals surface area contributed by atoms with E-state index >= 15 is 0 Å². The second-order valence-electron chi connectivity index (χ2n) is 8.29. The van der Waals surface area contributed by atoms with Gasteiger partial charge in [0, 0.05) is 29.5 Å². The highest BCUT2D eigenvalue weighted by Gasteiger charge is 2.15. The van der Waals surface area contributed by atoms with Crippen LogP contribution in [0.2, 0.25) is 0 Å². The molecule has 4 aromatic rings. The summed E-state index contributed by atoms with van der Waals surface area (Å²) in [5.41, 5.74) is 7.03. The van der Waals surface area contributed by atoms with E-state index in [0.717, 1.165) is 27.7 Å². The first-order valence-electron chi connectivity index (χ1n) is 11.6. The molecule has 0 aliphatic carbocycles. The van der Waals surface area contributed by atoms with Crippen molar-refractivity contribution in [3.8, 4) is 34.0 Å². The molecule has 1 heterocycles. The Labute approximate surface area is 215 Å². The number of nitrogens with one attached hydrogen (secondary N) is 3. The van der Waals surface area contributed by atoms with Crippen LogP contribution in [-0.4, -0.2) is 42.5 Å². The van der Waals surface area contributed by atoms with Crippen LogP contribution >= 0.6 is 11.8 Å². The van der Waals surface area contributed by atoms with Crippen LogP contribution < -0.4 is 20.1 Å². The average Bonchev–Trinajstić information content (AvgIpc) is 3.32. The lowest BCUT2D eigenvalue weighted by Gasteiger charge is -2.12. The topological polar surface area (TPSA) is 88.3 Å². The first-order chi connectivity index (χ1) is 17.5. The minimum absolute atomic E-state index is 0.306. The number of benzene rings is 3. The molecule has 1 aromatic heterocycles. The highest BCUT2D eigenvalue weighted by Crippen LogP contribution is 2.33. The molecule has 3 aromatic carbocycles. The van der Waals surface area contributed by atoms with Gasteiger partial charge in [-0.3, -0.25) is 0 Å². The fourth-order valence-corrected chi connectivity index (χ4v) is 4.38. The number of thioether (sulfide) groups is 1. The Bertz CT molecular complexity index is 1250. The van der Waals surface area contributed by atoms with E-state index in [0.29, 0.717) is 29.5 Å². The monoisotopic (exact) mass is 502 g/mol. The van der Waals surface area contributed by atoms with Crippen molar-refractivity contribution in [3.63, 3.8) is 0 Å². The number of aromatic nitrogens is 2. The van der Waals surface area contributed by atoms with E-state index in [9.17, 15) is 4.79 Å². The van der Waals surface area contributed by atoms with Crippen LogP contribution in [0.15, 0.2) is 71.9 Å². The molecular formula is C28H30N4O3S. The number of nitrogens with zero attached hydrogens (tertiary/aromatic N) is 1. The molecule has 36 heavy (non-hydrogen) atoms. The first kappa shape index (κ1) is 25.2. The summed E-state index contributed by atoms with van der Waals surface area (Å²) in [5, 5.41) is 6.50. The number of imidazole rings is 1. The number of aromatic amines is 1. The number of anilines is 1. The predicted molar refractivity (Wildman–Crippen MR) is 146 cm³/mol. The van der Waals surface area contributed by atoms with E-state index in [1.165, 1.54) is 11.1 Å². The first-order valence-corrected chi connectivity index (χ1v) is 12.6. The lowest BCUT2D eigenvalue weighted by molar-refractivity contribution is 0.252. The minimum Gasteiger partial charge on any atom is -0.497 e. The molecule has 186 valence electrons. The zero-order valence-electron chi connectivity index (χ0n) is 20.8. The molecule has 0 radical (unpaired) electrons. The van der Waals surface area contributed by atoms with Crippen LogP contribution in [0.4, 0.5) is 10.5 Å². The number of hydrogen-bond donors (Lipinski definition) is 3. The van der Waals surface area contributed by atoms with Crippen molar-refractivity contribution in [2.75, 3.05) is 31.8 Å². The van der Waals surface area contributed by atoms with Gasteiger partial charge in [-0.1, -0.05) is 71.4 Å². The van der Waals surface area contributed by atoms with Gasteiger partial charge in [-0.2, -0.15) is 0 Å². The van der Waals surface area contributed by atoms with E-state index < -0.39 is 0 Å². The molecule has 0 spiro atoms. The second-order valence-corrected chi connectivity index (χ2v) is 9.38. The van der Waals surface area contributed by atoms with Gasteiger partial charge in [0.1, 0.15) is 11.5 Å². The van der Waals surface area contributed by atoms with Crippen LogP contribution in [0.5, 0.6) is 11.5 Å². The molecule has 4 rings (SSSR count). The molecule has 0 fully saturated rings. The van der Waals surface area contributed by atoms with E-state index in [4.69, 9.17) is 14.5 Å². The summed E-state index contributed by atoms with van der Waals surface area (Å²) in [4.78, 5) is 20.8. The van der Waals surface area contributed by atoms with Gasteiger partial charge in [-0.15, -0.1) is 0 Å². The summed E-state index contributed by atoms with van der Waals surface area (Å²) < 4.78 is 10.5. The van der Waals surface area contributed by atoms with Crippen LogP contribution in [0, 0.1) is 13.8 Å². The molecule has 8 heteroatoms. The third kappa shape index (κ3) is 6.20. The molecule has 0 aliphatic heterocycles. The number of carbonyl (C=O) groups excluding carboxylic acids is 1. The maximum absolute atomic E-state index is 12.4. The number of ether oxygens (including phenoxy) is 2. The van der Waals surface area contributed by atoms with Gasteiger partial charge in [-0.25, -0.2) is 9.78 Å². The lowest BCUT2D eigenvalue weighted by atomic mass is 10.0. The van der Waals surface area contributed by atoms with Gasteiger partial charge in [-0.05, 0) is 26.0 Å². The smallest absolute Gasteiger partial charge is 0.319 e. The summed E-state index contributed by atoms with van der Waals surface area (Å²) in [6.07, 6.45) is 0. The third-order valence-electron chi connectivity index (χ3n) is 5.63. The van der Waals surface area contributed by atoms with Gasteiger partial charge in [0.2, 0.25) is 0 Å². The third-order valence-corrected chi connectivity index (χ3v) is 6.51. The molecular weight excluding hydrogens is 472 g/mol. The molecule has 0 atom stereocenters. The van der Waals surface area contributed by atoms with Gasteiger partial charge in [0.25, 0.3) is 0 Å². The Morgan fingerprint density at radius 3 is 2.22 bits per heavy atom. The van der Waals surface area contributed by atoms with Crippen molar-refractivity contribution >= 4 is 23.5 Å². The van der Waals surface area contributed by atoms with Crippen molar-refractivity contribution in [3.05, 3.63) is 77.9 Å². The Morgan fingerprint density at radius 1 is 0.917 bits per heavy atom. The maximum atomic E-state index is 12.4. The lowest BCUT2D eigenvalue weighted by Crippen LogP contribution is -2.30. The largest absolute Gasteiger partial charge is 0.497 e. The normalized spacial score (nSPS) is 10.7. The van der Waals surface area contributed by atoms with Crippen LogP contribution in [0.1, 0.15) is 11.1 Å². The zero-order valence-corrected chi connectivity index (χ0v) is 21.7. The molecule has 0 saturated heterocycles. The predicted octanol–water partition coefficient (Wildman–Crippen LogP) is 6.29. The van der Waals surface area contributed by atoms with E-state index in [1.54, 1.807) is 44.2 Å². The Balaban J connectivity index is 1.40. The molecule has 0 saturated carbocycles. The Hall–Kier alpha value is -3.91.